The second kappa shape index (κ2) is 26.6. The molecule has 22 heteroatoms. The van der Waals surface area contributed by atoms with Crippen molar-refractivity contribution in [2.45, 2.75) is 128 Å². The summed E-state index contributed by atoms with van der Waals surface area (Å²) in [6.45, 7) is 7.50. The number of likely N-dealkylation sites (tertiary alicyclic amines) is 1. The number of amides is 9. The molecule has 1 fully saturated rings. The van der Waals surface area contributed by atoms with Crippen LogP contribution in [0, 0.1) is 5.92 Å². The number of primary amides is 1. The predicted molar refractivity (Wildman–Crippen MR) is 233 cm³/mol. The van der Waals surface area contributed by atoms with Crippen LogP contribution in [0.1, 0.15) is 78.7 Å². The molecule has 0 bridgehead atoms. The molecule has 2 rings (SSSR count). The summed E-state index contributed by atoms with van der Waals surface area (Å²) in [4.78, 5) is 129. The maximum atomic E-state index is 13.5. The van der Waals surface area contributed by atoms with Gasteiger partial charge < -0.3 is 58.7 Å². The number of carbonyl (C=O) groups excluding carboxylic acids is 9. The van der Waals surface area contributed by atoms with Crippen LogP contribution in [0.4, 0.5) is 0 Å². The van der Waals surface area contributed by atoms with E-state index < -0.39 is 114 Å². The molecular formula is C41H64N10O11S. The molecule has 0 aliphatic carbocycles. The van der Waals surface area contributed by atoms with Gasteiger partial charge in [-0.15, -0.1) is 0 Å². The SMILES string of the molecule is CSCC[C@H](NC(=O)[C@H](CCC(N)=O)NC(=O)[C@H](C)NC(=O)[C@@H]1CCCN1C(=O)[C@H](C)NC(=O)[C@H](C)NC(=O)CNC(=O)[C@H](CC(C)C)NC(=O)[C@@H](N)Cc1ccccc1)C(=O)O. The highest BCUT2D eigenvalue weighted by molar-refractivity contribution is 7.98. The number of carbonyl (C=O) groups is 10. The molecule has 9 amide bonds. The Morgan fingerprint density at radius 2 is 1.35 bits per heavy atom. The average molecular weight is 905 g/mol. The van der Waals surface area contributed by atoms with Gasteiger partial charge in [0, 0.05) is 13.0 Å². The van der Waals surface area contributed by atoms with E-state index in [1.165, 1.54) is 37.4 Å². The third-order valence-electron chi connectivity index (χ3n) is 10.0. The Morgan fingerprint density at radius 1 is 0.746 bits per heavy atom. The lowest BCUT2D eigenvalue weighted by atomic mass is 10.0. The molecule has 1 aliphatic heterocycles. The van der Waals surface area contributed by atoms with Crippen LogP contribution in [0.2, 0.25) is 0 Å². The van der Waals surface area contributed by atoms with Crippen LogP contribution in [0.3, 0.4) is 0 Å². The minimum atomic E-state index is -1.35. The number of thioether (sulfide) groups is 1. The summed E-state index contributed by atoms with van der Waals surface area (Å²) < 4.78 is 0. The molecule has 1 heterocycles. The molecular weight excluding hydrogens is 841 g/mol. The number of hydrogen-bond donors (Lipinski definition) is 10. The fourth-order valence-corrected chi connectivity index (χ4v) is 7.01. The smallest absolute Gasteiger partial charge is 0.326 e. The third-order valence-corrected chi connectivity index (χ3v) is 10.7. The molecule has 21 nitrogen and oxygen atoms in total. The molecule has 1 aromatic carbocycles. The maximum absolute atomic E-state index is 13.5. The molecule has 63 heavy (non-hydrogen) atoms. The summed E-state index contributed by atoms with van der Waals surface area (Å²) in [5, 5.41) is 27.0. The van der Waals surface area contributed by atoms with Crippen LogP contribution in [0.5, 0.6) is 0 Å². The second-order valence-corrected chi connectivity index (χ2v) is 16.9. The first-order chi connectivity index (χ1) is 29.6. The van der Waals surface area contributed by atoms with E-state index in [1.54, 1.807) is 6.26 Å². The molecule has 1 aliphatic rings. The predicted octanol–water partition coefficient (Wildman–Crippen LogP) is -2.22. The van der Waals surface area contributed by atoms with Crippen molar-refractivity contribution in [3.05, 3.63) is 35.9 Å². The van der Waals surface area contributed by atoms with Crippen molar-refractivity contribution in [1.29, 1.82) is 0 Å². The first-order valence-corrected chi connectivity index (χ1v) is 22.2. The molecule has 1 saturated heterocycles. The van der Waals surface area contributed by atoms with Gasteiger partial charge in [-0.05, 0) is 82.8 Å². The highest BCUT2D eigenvalue weighted by Gasteiger charge is 2.38. The molecule has 8 atom stereocenters. The van der Waals surface area contributed by atoms with Gasteiger partial charge in [0.25, 0.3) is 0 Å². The number of rotatable bonds is 26. The minimum absolute atomic E-state index is 0.00638. The number of carboxylic acid groups (broad SMARTS) is 1. The van der Waals surface area contributed by atoms with Gasteiger partial charge in [-0.3, -0.25) is 43.2 Å². The lowest BCUT2D eigenvalue weighted by Crippen LogP contribution is -2.58. The van der Waals surface area contributed by atoms with E-state index in [2.05, 4.69) is 37.2 Å². The van der Waals surface area contributed by atoms with E-state index in [9.17, 15) is 53.1 Å². The molecule has 1 aromatic rings. The summed E-state index contributed by atoms with van der Waals surface area (Å²) in [6.07, 6.45) is 2.55. The van der Waals surface area contributed by atoms with E-state index in [4.69, 9.17) is 11.5 Å². The third kappa shape index (κ3) is 18.6. The normalized spacial score (nSPS) is 16.8. The van der Waals surface area contributed by atoms with Gasteiger partial charge in [-0.2, -0.15) is 11.8 Å². The zero-order valence-electron chi connectivity index (χ0n) is 36.7. The van der Waals surface area contributed by atoms with Crippen molar-refractivity contribution in [1.82, 2.24) is 42.1 Å². The zero-order valence-corrected chi connectivity index (χ0v) is 37.5. The Balaban J connectivity index is 1.93. The van der Waals surface area contributed by atoms with Crippen LogP contribution in [0.25, 0.3) is 0 Å². The molecule has 0 radical (unpaired) electrons. The monoisotopic (exact) mass is 904 g/mol. The second-order valence-electron chi connectivity index (χ2n) is 15.9. The van der Waals surface area contributed by atoms with Gasteiger partial charge in [-0.25, -0.2) is 4.79 Å². The number of nitrogens with one attached hydrogen (secondary N) is 7. The Kier molecular flexibility index (Phi) is 22.6. The summed E-state index contributed by atoms with van der Waals surface area (Å²) in [5.41, 5.74) is 12.2. The van der Waals surface area contributed by atoms with Crippen LogP contribution < -0.4 is 48.7 Å². The lowest BCUT2D eigenvalue weighted by molar-refractivity contribution is -0.142. The first kappa shape index (κ1) is 53.4. The first-order valence-electron chi connectivity index (χ1n) is 20.8. The molecule has 0 spiro atoms. The van der Waals surface area contributed by atoms with E-state index >= 15 is 0 Å². The van der Waals surface area contributed by atoms with Gasteiger partial charge in [0.2, 0.25) is 53.2 Å². The highest BCUT2D eigenvalue weighted by atomic mass is 32.2. The van der Waals surface area contributed by atoms with Gasteiger partial charge in [0.15, 0.2) is 0 Å². The van der Waals surface area contributed by atoms with E-state index in [1.807, 2.05) is 44.2 Å². The van der Waals surface area contributed by atoms with E-state index in [-0.39, 0.29) is 51.0 Å². The van der Waals surface area contributed by atoms with Crippen molar-refractivity contribution in [2.24, 2.45) is 17.4 Å². The Bertz CT molecular complexity index is 1790. The van der Waals surface area contributed by atoms with Gasteiger partial charge >= 0.3 is 5.97 Å². The summed E-state index contributed by atoms with van der Waals surface area (Å²) in [6, 6.07) is 0.125. The highest BCUT2D eigenvalue weighted by Crippen LogP contribution is 2.19. The van der Waals surface area contributed by atoms with Crippen LogP contribution in [-0.4, -0.2) is 143 Å². The van der Waals surface area contributed by atoms with E-state index in [0.29, 0.717) is 12.2 Å². The number of benzene rings is 1. The van der Waals surface area contributed by atoms with E-state index in [0.717, 1.165) is 5.56 Å². The quantitative estimate of drug-likeness (QED) is 0.0472. The van der Waals surface area contributed by atoms with Crippen molar-refractivity contribution in [2.75, 3.05) is 25.1 Å². The van der Waals surface area contributed by atoms with Gasteiger partial charge in [0.05, 0.1) is 12.6 Å². The topological polar surface area (TPSA) is 330 Å². The number of carboxylic acids is 1. The van der Waals surface area contributed by atoms with Crippen LogP contribution >= 0.6 is 11.8 Å². The molecule has 12 N–H and O–H groups in total. The molecule has 0 unspecified atom stereocenters. The summed E-state index contributed by atoms with van der Waals surface area (Å²) in [7, 11) is 0. The number of nitrogens with zero attached hydrogens (tertiary/aromatic N) is 1. The van der Waals surface area contributed by atoms with Crippen molar-refractivity contribution in [3.8, 4) is 0 Å². The number of aliphatic carboxylic acids is 1. The van der Waals surface area contributed by atoms with Gasteiger partial charge in [-0.1, -0.05) is 44.2 Å². The number of hydrogen-bond acceptors (Lipinski definition) is 12. The summed E-state index contributed by atoms with van der Waals surface area (Å²) in [5.74, 6) is -7.15. The van der Waals surface area contributed by atoms with Crippen LogP contribution in [0.15, 0.2) is 30.3 Å². The Morgan fingerprint density at radius 3 is 1.95 bits per heavy atom. The molecule has 0 aromatic heterocycles. The fraction of sp³-hybridized carbons (Fsp3) is 0.610. The lowest BCUT2D eigenvalue weighted by Gasteiger charge is -2.29. The van der Waals surface area contributed by atoms with Crippen LogP contribution in [-0.2, 0) is 54.4 Å². The zero-order chi connectivity index (χ0) is 47.4. The number of nitrogens with two attached hydrogens (primary N) is 2. The average Bonchev–Trinajstić information content (AvgIpc) is 3.72. The summed E-state index contributed by atoms with van der Waals surface area (Å²) >= 11 is 1.38. The minimum Gasteiger partial charge on any atom is -0.480 e. The van der Waals surface area contributed by atoms with Gasteiger partial charge in [0.1, 0.15) is 42.3 Å². The Labute approximate surface area is 371 Å². The Hall–Kier alpha value is -5.77. The maximum Gasteiger partial charge on any atom is 0.326 e. The molecule has 350 valence electrons. The van der Waals surface area contributed by atoms with Crippen molar-refractivity contribution in [3.63, 3.8) is 0 Å². The standard InChI is InChI=1S/C41H64N10O11S/c1-22(2)19-30(50-36(56)27(42)20-26-11-8-7-9-12-26)37(57)44-21-33(53)45-23(3)34(54)47-25(5)40(60)51-17-10-13-31(51)39(59)46-24(4)35(55)48-28(14-15-32(43)52)38(58)49-29(41(61)62)16-18-63-6/h7-9,11-12,22-25,27-31H,10,13-21,42H2,1-6H3,(H2,43,52)(H,44,57)(H,45,53)(H,46,59)(H,47,54)(H,48,55)(H,49,58)(H,50,56)(H,61,62)/t23-,24-,25-,27-,28-,29-,30-,31-/m0/s1. The largest absolute Gasteiger partial charge is 0.480 e. The molecule has 0 saturated carbocycles. The van der Waals surface area contributed by atoms with Crippen molar-refractivity contribution >= 4 is 70.9 Å². The fourth-order valence-electron chi connectivity index (χ4n) is 6.54. The van der Waals surface area contributed by atoms with Crippen molar-refractivity contribution < 1.29 is 53.1 Å².